The van der Waals surface area contributed by atoms with Gasteiger partial charge in [-0.2, -0.15) is 0 Å². The van der Waals surface area contributed by atoms with Gasteiger partial charge in [0, 0.05) is 5.41 Å². The minimum atomic E-state index is -0.364. The van der Waals surface area contributed by atoms with Crippen LogP contribution in [0.1, 0.15) is 53.9 Å². The van der Waals surface area contributed by atoms with Crippen LogP contribution in [-0.4, -0.2) is 0 Å². The van der Waals surface area contributed by atoms with Crippen molar-refractivity contribution >= 4 is 27.6 Å². The molecule has 3 N–H and O–H groups in total. The van der Waals surface area contributed by atoms with Crippen LogP contribution in [0.2, 0.25) is 0 Å². The van der Waals surface area contributed by atoms with Crippen molar-refractivity contribution < 1.29 is 0 Å². The molecule has 0 bridgehead atoms. The van der Waals surface area contributed by atoms with Gasteiger partial charge in [0.05, 0.1) is 12.2 Å². The molecule has 0 radical (unpaired) electrons. The largest absolute Gasteiger partial charge is 0.312 e. The molecule has 8 aromatic carbocycles. The molecule has 0 aliphatic heterocycles. The Morgan fingerprint density at radius 2 is 1.13 bits per heavy atom. The van der Waals surface area contributed by atoms with Crippen molar-refractivity contribution in [3.05, 3.63) is 210 Å². The molecule has 9 rings (SSSR count). The standard InChI is InChI=1S/C51H42N2/c1-51(2)46-26-14-25-44(49(46)45-32-38-20-8-9-21-39(38)33-47(45)51)41-22-11-10-16-35(41)29-30-48(53-50(52)36-17-4-3-5-18-36)43-24-13-12-23-42(43)40-28-27-34-15-6-7-19-37(34)31-40/h3-33,48,50,53H,52H2,1-2H3/b30-29+. The average molecular weight is 683 g/mol. The Hall–Kier alpha value is -6.06. The van der Waals surface area contributed by atoms with Crippen molar-refractivity contribution in [3.63, 3.8) is 0 Å². The first kappa shape index (κ1) is 32.8. The maximum Gasteiger partial charge on any atom is 0.0817 e. The molecule has 1 aliphatic rings. The van der Waals surface area contributed by atoms with Crippen molar-refractivity contribution in [1.29, 1.82) is 0 Å². The molecule has 0 spiro atoms. The second-order valence-corrected chi connectivity index (χ2v) is 14.7. The third kappa shape index (κ3) is 5.97. The molecule has 2 nitrogen and oxygen atoms in total. The fraction of sp³-hybridized carbons (Fsp3) is 0.0980. The van der Waals surface area contributed by atoms with E-state index in [2.05, 4.69) is 189 Å². The number of nitrogens with one attached hydrogen (secondary N) is 1. The lowest BCUT2D eigenvalue weighted by atomic mass is 9.81. The zero-order valence-corrected chi connectivity index (χ0v) is 30.1. The van der Waals surface area contributed by atoms with Gasteiger partial charge < -0.3 is 5.73 Å². The van der Waals surface area contributed by atoms with Gasteiger partial charge in [0.1, 0.15) is 0 Å². The average Bonchev–Trinajstić information content (AvgIpc) is 3.43. The molecule has 0 aromatic heterocycles. The summed E-state index contributed by atoms with van der Waals surface area (Å²) in [6.07, 6.45) is 4.20. The van der Waals surface area contributed by atoms with Gasteiger partial charge in [-0.05, 0) is 101 Å². The number of fused-ring (bicyclic) bond motifs is 5. The molecular formula is C51H42N2. The molecule has 0 heterocycles. The van der Waals surface area contributed by atoms with Gasteiger partial charge in [0.25, 0.3) is 0 Å². The summed E-state index contributed by atoms with van der Waals surface area (Å²) in [6, 6.07) is 63.2. The molecule has 8 aromatic rings. The fourth-order valence-electron chi connectivity index (χ4n) is 8.37. The quantitative estimate of drug-likeness (QED) is 0.157. The van der Waals surface area contributed by atoms with Crippen LogP contribution in [0.25, 0.3) is 61.0 Å². The molecular weight excluding hydrogens is 641 g/mol. The summed E-state index contributed by atoms with van der Waals surface area (Å²) in [5, 5.41) is 8.81. The van der Waals surface area contributed by atoms with E-state index in [9.17, 15) is 0 Å². The maximum atomic E-state index is 6.91. The number of rotatable bonds is 8. The van der Waals surface area contributed by atoms with Gasteiger partial charge in [-0.25, -0.2) is 0 Å². The smallest absolute Gasteiger partial charge is 0.0817 e. The summed E-state index contributed by atoms with van der Waals surface area (Å²) in [4.78, 5) is 0. The highest BCUT2D eigenvalue weighted by Crippen LogP contribution is 2.53. The van der Waals surface area contributed by atoms with Crippen LogP contribution in [0, 0.1) is 0 Å². The van der Waals surface area contributed by atoms with E-state index in [1.807, 2.05) is 18.2 Å². The summed E-state index contributed by atoms with van der Waals surface area (Å²) in [5.74, 6) is 0. The van der Waals surface area contributed by atoms with E-state index in [1.165, 1.54) is 71.6 Å². The second-order valence-electron chi connectivity index (χ2n) is 14.7. The van der Waals surface area contributed by atoms with E-state index in [-0.39, 0.29) is 17.6 Å². The van der Waals surface area contributed by atoms with Gasteiger partial charge >= 0.3 is 0 Å². The topological polar surface area (TPSA) is 38.0 Å². The van der Waals surface area contributed by atoms with E-state index >= 15 is 0 Å². The van der Waals surface area contributed by atoms with Crippen LogP contribution in [0.5, 0.6) is 0 Å². The summed E-state index contributed by atoms with van der Waals surface area (Å²) in [7, 11) is 0. The third-order valence-electron chi connectivity index (χ3n) is 11.2. The number of nitrogens with two attached hydrogens (primary N) is 1. The van der Waals surface area contributed by atoms with E-state index in [0.717, 1.165) is 11.1 Å². The SMILES string of the molecule is CC1(C)c2cc3ccccc3cc2-c2c(-c3ccccc3/C=C/C(NC(N)c3ccccc3)c3ccccc3-c3ccc4ccccc4c3)cccc21. The van der Waals surface area contributed by atoms with Crippen LogP contribution in [0.4, 0.5) is 0 Å². The molecule has 1 aliphatic carbocycles. The third-order valence-corrected chi connectivity index (χ3v) is 11.2. The molecule has 2 unspecified atom stereocenters. The summed E-state index contributed by atoms with van der Waals surface area (Å²) in [5.41, 5.74) is 20.4. The van der Waals surface area contributed by atoms with Gasteiger partial charge in [-0.1, -0.05) is 184 Å². The van der Waals surface area contributed by atoms with Crippen LogP contribution in [0.3, 0.4) is 0 Å². The summed E-state index contributed by atoms with van der Waals surface area (Å²) < 4.78 is 0. The molecule has 53 heavy (non-hydrogen) atoms. The molecule has 0 fully saturated rings. The highest BCUT2D eigenvalue weighted by Gasteiger charge is 2.37. The Kier molecular flexibility index (Phi) is 8.35. The monoisotopic (exact) mass is 682 g/mol. The minimum absolute atomic E-state index is 0.107. The van der Waals surface area contributed by atoms with Gasteiger partial charge in [0.2, 0.25) is 0 Å². The van der Waals surface area contributed by atoms with E-state index < -0.39 is 0 Å². The zero-order chi connectivity index (χ0) is 35.9. The van der Waals surface area contributed by atoms with Crippen LogP contribution >= 0.6 is 0 Å². The van der Waals surface area contributed by atoms with Gasteiger partial charge in [0.15, 0.2) is 0 Å². The van der Waals surface area contributed by atoms with Crippen molar-refractivity contribution in [2.75, 3.05) is 0 Å². The highest BCUT2D eigenvalue weighted by molar-refractivity contribution is 5.99. The second kappa shape index (κ2) is 13.5. The van der Waals surface area contributed by atoms with Crippen molar-refractivity contribution in [2.45, 2.75) is 31.5 Å². The predicted octanol–water partition coefficient (Wildman–Crippen LogP) is 12.6. The molecule has 2 heteroatoms. The minimum Gasteiger partial charge on any atom is -0.312 e. The fourth-order valence-corrected chi connectivity index (χ4v) is 8.37. The first-order valence-electron chi connectivity index (χ1n) is 18.6. The van der Waals surface area contributed by atoms with Crippen LogP contribution in [0.15, 0.2) is 182 Å². The summed E-state index contributed by atoms with van der Waals surface area (Å²) >= 11 is 0. The Morgan fingerprint density at radius 3 is 1.92 bits per heavy atom. The lowest BCUT2D eigenvalue weighted by Gasteiger charge is -2.24. The normalized spacial score (nSPS) is 14.3. The van der Waals surface area contributed by atoms with Crippen molar-refractivity contribution in [3.8, 4) is 33.4 Å². The Morgan fingerprint density at radius 1 is 0.509 bits per heavy atom. The highest BCUT2D eigenvalue weighted by atomic mass is 15.0. The Balaban J connectivity index is 1.16. The maximum absolute atomic E-state index is 6.91. The van der Waals surface area contributed by atoms with E-state index in [0.29, 0.717) is 0 Å². The Labute approximate surface area is 312 Å². The van der Waals surface area contributed by atoms with E-state index in [4.69, 9.17) is 5.73 Å². The Bertz CT molecular complexity index is 2650. The zero-order valence-electron chi connectivity index (χ0n) is 30.1. The first-order valence-corrected chi connectivity index (χ1v) is 18.6. The van der Waals surface area contributed by atoms with Crippen LogP contribution < -0.4 is 11.1 Å². The lowest BCUT2D eigenvalue weighted by Crippen LogP contribution is -2.31. The molecule has 0 saturated heterocycles. The van der Waals surface area contributed by atoms with Crippen LogP contribution in [-0.2, 0) is 5.41 Å². The molecule has 0 saturated carbocycles. The molecule has 2 atom stereocenters. The van der Waals surface area contributed by atoms with Crippen molar-refractivity contribution in [2.24, 2.45) is 5.73 Å². The lowest BCUT2D eigenvalue weighted by molar-refractivity contribution is 0.510. The predicted molar refractivity (Wildman–Crippen MR) is 225 cm³/mol. The first-order chi connectivity index (χ1) is 26.0. The van der Waals surface area contributed by atoms with Crippen molar-refractivity contribution in [1.82, 2.24) is 5.32 Å². The number of hydrogen-bond donors (Lipinski definition) is 2. The molecule has 256 valence electrons. The number of hydrogen-bond acceptors (Lipinski definition) is 2. The molecule has 0 amide bonds. The van der Waals surface area contributed by atoms with E-state index in [1.54, 1.807) is 0 Å². The van der Waals surface area contributed by atoms with Gasteiger partial charge in [-0.15, -0.1) is 0 Å². The summed E-state index contributed by atoms with van der Waals surface area (Å²) in [6.45, 7) is 4.72. The number of benzene rings is 8. The van der Waals surface area contributed by atoms with Gasteiger partial charge in [-0.3, -0.25) is 5.32 Å².